The SMILES string of the molecule is Cc1ccc(S(=O)(=O)Oc2ccc(/C=N/Nc3ccccc3)cc2)cc1. The fourth-order valence-corrected chi connectivity index (χ4v) is 3.11. The maximum atomic E-state index is 12.3. The first kappa shape index (κ1) is 17.7. The number of rotatable bonds is 6. The van der Waals surface area contributed by atoms with Crippen LogP contribution in [0.3, 0.4) is 0 Å². The van der Waals surface area contributed by atoms with Crippen molar-refractivity contribution in [3.05, 3.63) is 90.0 Å². The van der Waals surface area contributed by atoms with Crippen LogP contribution < -0.4 is 9.61 Å². The second kappa shape index (κ2) is 7.84. The topological polar surface area (TPSA) is 67.8 Å². The van der Waals surface area contributed by atoms with Gasteiger partial charge < -0.3 is 4.18 Å². The summed E-state index contributed by atoms with van der Waals surface area (Å²) < 4.78 is 29.7. The third kappa shape index (κ3) is 4.70. The van der Waals surface area contributed by atoms with Gasteiger partial charge in [0.25, 0.3) is 0 Å². The molecule has 0 heterocycles. The summed E-state index contributed by atoms with van der Waals surface area (Å²) in [5.74, 6) is 0.249. The highest BCUT2D eigenvalue weighted by molar-refractivity contribution is 7.87. The molecule has 0 fully saturated rings. The van der Waals surface area contributed by atoms with E-state index in [-0.39, 0.29) is 10.6 Å². The highest BCUT2D eigenvalue weighted by Crippen LogP contribution is 2.19. The van der Waals surface area contributed by atoms with Crippen LogP contribution in [0.4, 0.5) is 5.69 Å². The molecule has 26 heavy (non-hydrogen) atoms. The third-order valence-electron chi connectivity index (χ3n) is 3.58. The predicted molar refractivity (Wildman–Crippen MR) is 103 cm³/mol. The number of hydrogen-bond acceptors (Lipinski definition) is 5. The van der Waals surface area contributed by atoms with Crippen molar-refractivity contribution in [1.82, 2.24) is 0 Å². The van der Waals surface area contributed by atoms with Gasteiger partial charge in [-0.1, -0.05) is 35.9 Å². The molecule has 3 rings (SSSR count). The first-order valence-corrected chi connectivity index (χ1v) is 9.39. The van der Waals surface area contributed by atoms with Gasteiger partial charge in [0.05, 0.1) is 11.9 Å². The van der Waals surface area contributed by atoms with Crippen LogP contribution in [-0.2, 0) is 10.1 Å². The average molecular weight is 366 g/mol. The standard InChI is InChI=1S/C20H18N2O3S/c1-16-7-13-20(14-8-16)26(23,24)25-19-11-9-17(10-12-19)15-21-22-18-5-3-2-4-6-18/h2-15,22H,1H3/b21-15+. The van der Waals surface area contributed by atoms with E-state index in [9.17, 15) is 8.42 Å². The lowest BCUT2D eigenvalue weighted by molar-refractivity contribution is 0.486. The molecular weight excluding hydrogens is 348 g/mol. The molecule has 0 aliphatic heterocycles. The molecule has 1 N–H and O–H groups in total. The van der Waals surface area contributed by atoms with Crippen molar-refractivity contribution in [2.75, 3.05) is 5.43 Å². The minimum absolute atomic E-state index is 0.126. The molecule has 0 unspecified atom stereocenters. The molecule has 3 aromatic rings. The zero-order chi connectivity index (χ0) is 18.4. The Morgan fingerprint density at radius 1 is 0.885 bits per heavy atom. The Bertz CT molecular complexity index is 981. The molecule has 6 heteroatoms. The first-order chi connectivity index (χ1) is 12.5. The highest BCUT2D eigenvalue weighted by atomic mass is 32.2. The molecule has 0 bridgehead atoms. The number of hydrogen-bond donors (Lipinski definition) is 1. The van der Waals surface area contributed by atoms with Crippen molar-refractivity contribution in [1.29, 1.82) is 0 Å². The van der Waals surface area contributed by atoms with Crippen molar-refractivity contribution in [3.63, 3.8) is 0 Å². The number of nitrogens with zero attached hydrogens (tertiary/aromatic N) is 1. The molecule has 0 aromatic heterocycles. The van der Waals surface area contributed by atoms with Crippen LogP contribution in [0.15, 0.2) is 88.9 Å². The van der Waals surface area contributed by atoms with Crippen LogP contribution in [0.1, 0.15) is 11.1 Å². The monoisotopic (exact) mass is 366 g/mol. The van der Waals surface area contributed by atoms with E-state index in [0.29, 0.717) is 0 Å². The average Bonchev–Trinajstić information content (AvgIpc) is 2.64. The summed E-state index contributed by atoms with van der Waals surface area (Å²) in [7, 11) is -3.84. The van der Waals surface area contributed by atoms with Crippen LogP contribution in [0.5, 0.6) is 5.75 Å². The van der Waals surface area contributed by atoms with Gasteiger partial charge in [0, 0.05) is 0 Å². The van der Waals surface area contributed by atoms with Crippen molar-refractivity contribution in [3.8, 4) is 5.75 Å². The molecular formula is C20H18N2O3S. The second-order valence-corrected chi connectivity index (χ2v) is 7.20. The van der Waals surface area contributed by atoms with Crippen molar-refractivity contribution in [2.45, 2.75) is 11.8 Å². The number of aryl methyl sites for hydroxylation is 1. The van der Waals surface area contributed by atoms with E-state index in [2.05, 4.69) is 10.5 Å². The fourth-order valence-electron chi connectivity index (χ4n) is 2.18. The van der Waals surface area contributed by atoms with Crippen LogP contribution in [0.25, 0.3) is 0 Å². The summed E-state index contributed by atoms with van der Waals surface area (Å²) >= 11 is 0. The lowest BCUT2D eigenvalue weighted by Crippen LogP contribution is -2.09. The molecule has 0 atom stereocenters. The largest absolute Gasteiger partial charge is 0.379 e. The predicted octanol–water partition coefficient (Wildman–Crippen LogP) is 4.21. The Morgan fingerprint density at radius 3 is 2.19 bits per heavy atom. The summed E-state index contributed by atoms with van der Waals surface area (Å²) in [6.07, 6.45) is 1.64. The van der Waals surface area contributed by atoms with Gasteiger partial charge in [-0.25, -0.2) is 0 Å². The Kier molecular flexibility index (Phi) is 5.34. The summed E-state index contributed by atoms with van der Waals surface area (Å²) in [5, 5.41) is 4.14. The zero-order valence-electron chi connectivity index (χ0n) is 14.2. The van der Waals surface area contributed by atoms with Crippen LogP contribution >= 0.6 is 0 Å². The van der Waals surface area contributed by atoms with E-state index in [1.807, 2.05) is 37.3 Å². The molecule has 0 spiro atoms. The van der Waals surface area contributed by atoms with Gasteiger partial charge in [-0.3, -0.25) is 5.43 Å². The molecule has 0 saturated carbocycles. The molecule has 132 valence electrons. The van der Waals surface area contributed by atoms with Gasteiger partial charge in [0.15, 0.2) is 0 Å². The summed E-state index contributed by atoms with van der Waals surface area (Å²) in [4.78, 5) is 0.126. The zero-order valence-corrected chi connectivity index (χ0v) is 15.0. The number of hydrazone groups is 1. The van der Waals surface area contributed by atoms with E-state index in [1.165, 1.54) is 12.1 Å². The molecule has 0 aliphatic carbocycles. The van der Waals surface area contributed by atoms with E-state index >= 15 is 0 Å². The quantitative estimate of drug-likeness (QED) is 0.403. The van der Waals surface area contributed by atoms with Gasteiger partial charge in [-0.2, -0.15) is 13.5 Å². The van der Waals surface area contributed by atoms with Crippen LogP contribution in [0, 0.1) is 6.92 Å². The lowest BCUT2D eigenvalue weighted by atomic mass is 10.2. The minimum atomic E-state index is -3.84. The smallest absolute Gasteiger partial charge is 0.339 e. The third-order valence-corrected chi connectivity index (χ3v) is 4.84. The fraction of sp³-hybridized carbons (Fsp3) is 0.0500. The number of benzene rings is 3. The van der Waals surface area contributed by atoms with Gasteiger partial charge in [0.1, 0.15) is 10.6 Å². The Morgan fingerprint density at radius 2 is 1.54 bits per heavy atom. The molecule has 0 radical (unpaired) electrons. The lowest BCUT2D eigenvalue weighted by Gasteiger charge is -2.07. The Labute approximate surface area is 153 Å². The van der Waals surface area contributed by atoms with E-state index < -0.39 is 10.1 Å². The Hall–Kier alpha value is -3.12. The minimum Gasteiger partial charge on any atom is -0.379 e. The van der Waals surface area contributed by atoms with Gasteiger partial charge in [-0.05, 0) is 61.0 Å². The van der Waals surface area contributed by atoms with Crippen molar-refractivity contribution < 1.29 is 12.6 Å². The van der Waals surface area contributed by atoms with E-state index in [0.717, 1.165) is 16.8 Å². The van der Waals surface area contributed by atoms with Gasteiger partial charge in [-0.15, -0.1) is 0 Å². The number of para-hydroxylation sites is 1. The molecule has 0 amide bonds. The molecule has 5 nitrogen and oxygen atoms in total. The van der Waals surface area contributed by atoms with Gasteiger partial charge >= 0.3 is 10.1 Å². The number of nitrogens with one attached hydrogen (secondary N) is 1. The van der Waals surface area contributed by atoms with Crippen molar-refractivity contribution >= 4 is 22.0 Å². The van der Waals surface area contributed by atoms with Crippen LogP contribution in [-0.4, -0.2) is 14.6 Å². The van der Waals surface area contributed by atoms with Crippen LogP contribution in [0.2, 0.25) is 0 Å². The summed E-state index contributed by atoms with van der Waals surface area (Å²) in [6, 6.07) is 22.7. The first-order valence-electron chi connectivity index (χ1n) is 7.98. The number of anilines is 1. The maximum absolute atomic E-state index is 12.3. The highest BCUT2D eigenvalue weighted by Gasteiger charge is 2.16. The molecule has 0 aliphatic rings. The summed E-state index contributed by atoms with van der Waals surface area (Å²) in [5.41, 5.74) is 5.59. The van der Waals surface area contributed by atoms with Crippen molar-refractivity contribution in [2.24, 2.45) is 5.10 Å². The Balaban J connectivity index is 1.65. The van der Waals surface area contributed by atoms with E-state index in [4.69, 9.17) is 4.18 Å². The normalized spacial score (nSPS) is 11.4. The molecule has 3 aromatic carbocycles. The van der Waals surface area contributed by atoms with E-state index in [1.54, 1.807) is 42.6 Å². The molecule has 0 saturated heterocycles. The second-order valence-electron chi connectivity index (χ2n) is 5.66. The van der Waals surface area contributed by atoms with Gasteiger partial charge in [0.2, 0.25) is 0 Å². The maximum Gasteiger partial charge on any atom is 0.339 e. The summed E-state index contributed by atoms with van der Waals surface area (Å²) in [6.45, 7) is 1.89.